The Hall–Kier alpha value is -0.320. The summed E-state index contributed by atoms with van der Waals surface area (Å²) < 4.78 is 14.2. The van der Waals surface area contributed by atoms with E-state index in [1.165, 1.54) is 5.56 Å². The molecular weight excluding hydrogens is 226 g/mol. The average molecular weight is 245 g/mol. The van der Waals surface area contributed by atoms with Crippen LogP contribution in [0.1, 0.15) is 26.3 Å². The van der Waals surface area contributed by atoms with Crippen LogP contribution >= 0.6 is 12.6 Å². The van der Waals surface area contributed by atoms with E-state index in [1.54, 1.807) is 0 Å². The molecule has 0 radical (unpaired) electrons. The van der Waals surface area contributed by atoms with Gasteiger partial charge in [0.15, 0.2) is 0 Å². The third-order valence-electron chi connectivity index (χ3n) is 1.72. The number of hydrogen-bond acceptors (Lipinski definition) is 2. The van der Waals surface area contributed by atoms with Gasteiger partial charge in [-0.25, -0.2) is 8.93 Å². The first-order valence-corrected chi connectivity index (χ1v) is 6.91. The van der Waals surface area contributed by atoms with Crippen molar-refractivity contribution in [3.05, 3.63) is 29.8 Å². The molecule has 4 heteroatoms. The molecule has 86 valence electrons. The molecule has 1 atom stereocenters. The first kappa shape index (κ1) is 14.7. The zero-order valence-electron chi connectivity index (χ0n) is 9.49. The van der Waals surface area contributed by atoms with Crippen molar-refractivity contribution in [2.75, 3.05) is 5.88 Å². The zero-order chi connectivity index (χ0) is 11.7. The van der Waals surface area contributed by atoms with Crippen LogP contribution < -0.4 is 4.72 Å². The van der Waals surface area contributed by atoms with Crippen LogP contribution in [0.5, 0.6) is 0 Å². The summed E-state index contributed by atoms with van der Waals surface area (Å²) in [6.07, 6.45) is 0.964. The number of aryl methyl sites for hydroxylation is 1. The fourth-order valence-corrected chi connectivity index (χ4v) is 2.12. The SMILES string of the molecule is CC.CCc1cccc(S(=O)NCS)c1. The van der Waals surface area contributed by atoms with Crippen molar-refractivity contribution in [1.29, 1.82) is 0 Å². The Morgan fingerprint density at radius 2 is 2.07 bits per heavy atom. The van der Waals surface area contributed by atoms with Gasteiger partial charge in [0.2, 0.25) is 0 Å². The molecule has 1 aromatic carbocycles. The fourth-order valence-electron chi connectivity index (χ4n) is 1.02. The first-order chi connectivity index (χ1) is 7.27. The number of rotatable bonds is 4. The lowest BCUT2D eigenvalue weighted by Crippen LogP contribution is -2.14. The summed E-state index contributed by atoms with van der Waals surface area (Å²) in [5.41, 5.74) is 1.20. The van der Waals surface area contributed by atoms with Crippen LogP contribution in [0, 0.1) is 0 Å². The largest absolute Gasteiger partial charge is 0.237 e. The van der Waals surface area contributed by atoms with Crippen LogP contribution in [-0.2, 0) is 17.4 Å². The molecule has 1 N–H and O–H groups in total. The second-order valence-corrected chi connectivity index (χ2v) is 4.19. The van der Waals surface area contributed by atoms with Gasteiger partial charge in [-0.1, -0.05) is 32.9 Å². The Bertz CT molecular complexity index is 302. The Morgan fingerprint density at radius 3 is 2.60 bits per heavy atom. The van der Waals surface area contributed by atoms with Crippen LogP contribution in [0.4, 0.5) is 0 Å². The molecule has 1 aromatic rings. The van der Waals surface area contributed by atoms with Crippen molar-refractivity contribution in [3.8, 4) is 0 Å². The summed E-state index contributed by atoms with van der Waals surface area (Å²) in [7, 11) is -1.12. The number of hydrogen-bond donors (Lipinski definition) is 2. The summed E-state index contributed by atoms with van der Waals surface area (Å²) in [6, 6.07) is 7.76. The van der Waals surface area contributed by atoms with Crippen molar-refractivity contribution in [3.63, 3.8) is 0 Å². The molecule has 0 aromatic heterocycles. The molecule has 0 bridgehead atoms. The predicted octanol–water partition coefficient (Wildman–Crippen LogP) is 2.77. The molecule has 0 saturated carbocycles. The van der Waals surface area contributed by atoms with Crippen LogP contribution in [0.2, 0.25) is 0 Å². The third-order valence-corrected chi connectivity index (χ3v) is 3.18. The summed E-state index contributed by atoms with van der Waals surface area (Å²) in [5.74, 6) is 0.420. The second kappa shape index (κ2) is 8.95. The molecular formula is C11H19NOS2. The lowest BCUT2D eigenvalue weighted by Gasteiger charge is -2.03. The molecule has 1 unspecified atom stereocenters. The molecule has 0 aliphatic carbocycles. The molecule has 0 fully saturated rings. The zero-order valence-corrected chi connectivity index (χ0v) is 11.2. The molecule has 0 aliphatic rings. The number of nitrogens with one attached hydrogen (secondary N) is 1. The van der Waals surface area contributed by atoms with E-state index < -0.39 is 11.0 Å². The Kier molecular flexibility index (Phi) is 8.76. The lowest BCUT2D eigenvalue weighted by molar-refractivity contribution is 0.677. The van der Waals surface area contributed by atoms with Crippen molar-refractivity contribution in [2.24, 2.45) is 0 Å². The average Bonchev–Trinajstić information content (AvgIpc) is 2.32. The normalized spacial score (nSPS) is 11.5. The van der Waals surface area contributed by atoms with Crippen molar-refractivity contribution < 1.29 is 4.21 Å². The molecule has 0 heterocycles. The van der Waals surface area contributed by atoms with Crippen molar-refractivity contribution in [2.45, 2.75) is 32.1 Å². The minimum atomic E-state index is -1.12. The minimum absolute atomic E-state index is 0.420. The Morgan fingerprint density at radius 1 is 1.40 bits per heavy atom. The van der Waals surface area contributed by atoms with Crippen LogP contribution in [0.25, 0.3) is 0 Å². The van der Waals surface area contributed by atoms with Crippen LogP contribution in [0.3, 0.4) is 0 Å². The first-order valence-electron chi connectivity index (χ1n) is 5.13. The summed E-state index contributed by atoms with van der Waals surface area (Å²) >= 11 is 3.95. The van der Waals surface area contributed by atoms with Crippen LogP contribution in [-0.4, -0.2) is 10.1 Å². The standard InChI is InChI=1S/C9H13NOS2.C2H6/c1-2-8-4-3-5-9(6-8)13(11)10-7-12;1-2/h3-6,10,12H,2,7H2,1H3;1-2H3. The molecule has 15 heavy (non-hydrogen) atoms. The van der Waals surface area contributed by atoms with E-state index in [-0.39, 0.29) is 0 Å². The molecule has 1 rings (SSSR count). The van der Waals surface area contributed by atoms with Gasteiger partial charge in [0.05, 0.1) is 10.8 Å². The highest BCUT2D eigenvalue weighted by Crippen LogP contribution is 2.08. The maximum Gasteiger partial charge on any atom is 0.125 e. The summed E-state index contributed by atoms with van der Waals surface area (Å²) in [6.45, 7) is 6.08. The number of thiol groups is 1. The third kappa shape index (κ3) is 5.35. The molecule has 0 saturated heterocycles. The Balaban J connectivity index is 0.000000921. The highest BCUT2D eigenvalue weighted by Gasteiger charge is 2.01. The van der Waals surface area contributed by atoms with Gasteiger partial charge in [0.25, 0.3) is 0 Å². The fraction of sp³-hybridized carbons (Fsp3) is 0.455. The second-order valence-electron chi connectivity index (χ2n) is 2.57. The maximum absolute atomic E-state index is 11.5. The summed E-state index contributed by atoms with van der Waals surface area (Å²) in [4.78, 5) is 0.813. The quantitative estimate of drug-likeness (QED) is 0.620. The molecule has 0 aliphatic heterocycles. The van der Waals surface area contributed by atoms with E-state index in [9.17, 15) is 4.21 Å². The van der Waals surface area contributed by atoms with Crippen LogP contribution in [0.15, 0.2) is 29.2 Å². The molecule has 0 spiro atoms. The van der Waals surface area contributed by atoms with Gasteiger partial charge >= 0.3 is 0 Å². The van der Waals surface area contributed by atoms with E-state index in [1.807, 2.05) is 38.1 Å². The van der Waals surface area contributed by atoms with Gasteiger partial charge in [-0.05, 0) is 24.1 Å². The van der Waals surface area contributed by atoms with E-state index in [0.29, 0.717) is 5.88 Å². The molecule has 2 nitrogen and oxygen atoms in total. The Labute approximate surface area is 100 Å². The van der Waals surface area contributed by atoms with E-state index in [2.05, 4.69) is 24.3 Å². The van der Waals surface area contributed by atoms with Gasteiger partial charge in [-0.15, -0.1) is 0 Å². The van der Waals surface area contributed by atoms with Crippen molar-refractivity contribution >= 4 is 23.6 Å². The topological polar surface area (TPSA) is 29.1 Å². The van der Waals surface area contributed by atoms with Gasteiger partial charge < -0.3 is 0 Å². The predicted molar refractivity (Wildman–Crippen MR) is 70.6 cm³/mol. The lowest BCUT2D eigenvalue weighted by atomic mass is 10.2. The highest BCUT2D eigenvalue weighted by atomic mass is 32.2. The van der Waals surface area contributed by atoms with Gasteiger partial charge in [0.1, 0.15) is 11.0 Å². The maximum atomic E-state index is 11.5. The monoisotopic (exact) mass is 245 g/mol. The van der Waals surface area contributed by atoms with E-state index in [4.69, 9.17) is 0 Å². The van der Waals surface area contributed by atoms with Gasteiger partial charge in [0, 0.05) is 0 Å². The van der Waals surface area contributed by atoms with Gasteiger partial charge in [-0.2, -0.15) is 12.6 Å². The van der Waals surface area contributed by atoms with E-state index >= 15 is 0 Å². The van der Waals surface area contributed by atoms with E-state index in [0.717, 1.165) is 11.3 Å². The smallest absolute Gasteiger partial charge is 0.125 e. The number of benzene rings is 1. The molecule has 0 amide bonds. The summed E-state index contributed by atoms with van der Waals surface area (Å²) in [5, 5.41) is 0. The van der Waals surface area contributed by atoms with Gasteiger partial charge in [-0.3, -0.25) is 0 Å². The highest BCUT2D eigenvalue weighted by molar-refractivity contribution is 7.85. The van der Waals surface area contributed by atoms with Crippen molar-refractivity contribution in [1.82, 2.24) is 4.72 Å². The minimum Gasteiger partial charge on any atom is -0.237 e.